The Bertz CT molecular complexity index is 1250. The molecule has 1 heterocycles. The third-order valence-electron chi connectivity index (χ3n) is 4.88. The molecule has 0 saturated carbocycles. The van der Waals surface area contributed by atoms with Crippen LogP contribution in [0, 0.1) is 0 Å². The molecule has 0 aliphatic rings. The van der Waals surface area contributed by atoms with Gasteiger partial charge in [-0.25, -0.2) is 4.98 Å². The highest BCUT2D eigenvalue weighted by atomic mass is 16.3. The summed E-state index contributed by atoms with van der Waals surface area (Å²) in [5.74, 6) is -0.859. The molecule has 0 unspecified atom stereocenters. The van der Waals surface area contributed by atoms with Gasteiger partial charge in [-0.3, -0.25) is 14.4 Å². The van der Waals surface area contributed by atoms with E-state index < -0.39 is 22.5 Å². The summed E-state index contributed by atoms with van der Waals surface area (Å²) in [6.07, 6.45) is 0.609. The van der Waals surface area contributed by atoms with Crippen LogP contribution in [-0.2, 0) is 0 Å². The third kappa shape index (κ3) is 3.77. The number of H-pyrrole nitrogens is 1. The van der Waals surface area contributed by atoms with Crippen molar-refractivity contribution in [2.75, 3.05) is 26.2 Å². The first-order chi connectivity index (χ1) is 13.9. The minimum Gasteiger partial charge on any atom is -0.515 e. The van der Waals surface area contributed by atoms with Crippen molar-refractivity contribution in [3.8, 4) is 5.75 Å². The fourth-order valence-corrected chi connectivity index (χ4v) is 3.21. The number of fused-ring (bicyclic) bond motifs is 2. The largest absolute Gasteiger partial charge is 0.515 e. The number of carbonyl (C=O) groups is 1. The average molecular weight is 398 g/mol. The summed E-state index contributed by atoms with van der Waals surface area (Å²) in [6, 6.07) is 3.53. The van der Waals surface area contributed by atoms with Crippen LogP contribution in [0.5, 0.6) is 5.75 Å². The first kappa shape index (κ1) is 20.3. The number of hydrogen-bond donors (Lipinski definition) is 4. The number of rotatable bonds is 6. The van der Waals surface area contributed by atoms with Gasteiger partial charge in [0.1, 0.15) is 22.3 Å². The zero-order valence-corrected chi connectivity index (χ0v) is 16.2. The summed E-state index contributed by atoms with van der Waals surface area (Å²) in [4.78, 5) is 46.4. The predicted octanol–water partition coefficient (Wildman–Crippen LogP) is 0.229. The Morgan fingerprint density at radius 3 is 2.55 bits per heavy atom. The minimum absolute atomic E-state index is 0.0293. The highest BCUT2D eigenvalue weighted by molar-refractivity contribution is 6.06. The highest BCUT2D eigenvalue weighted by Gasteiger charge is 2.17. The van der Waals surface area contributed by atoms with Crippen LogP contribution in [0.4, 0.5) is 0 Å². The molecular weight excluding hydrogens is 376 g/mol. The van der Waals surface area contributed by atoms with Crippen molar-refractivity contribution >= 4 is 34.2 Å². The molecule has 9 nitrogen and oxygen atoms in total. The topological polar surface area (TPSA) is 136 Å². The van der Waals surface area contributed by atoms with Gasteiger partial charge in [0.2, 0.25) is 10.9 Å². The number of phenolic OH excluding ortho intramolecular Hbond substituents is 1. The molecule has 3 aromatic rings. The van der Waals surface area contributed by atoms with E-state index in [2.05, 4.69) is 20.2 Å². The molecule has 0 radical (unpaired) electrons. The van der Waals surface area contributed by atoms with Crippen molar-refractivity contribution in [3.05, 3.63) is 49.4 Å². The second-order valence-corrected chi connectivity index (χ2v) is 6.51. The lowest BCUT2D eigenvalue weighted by Crippen LogP contribution is -2.35. The normalized spacial score (nSPS) is 12.2. The zero-order chi connectivity index (χ0) is 21.1. The Labute approximate surface area is 165 Å². The van der Waals surface area contributed by atoms with Crippen LogP contribution in [0.15, 0.2) is 27.8 Å². The number of amides is 1. The number of nitrogens with one attached hydrogen (secondary N) is 2. The molecule has 152 valence electrons. The minimum atomic E-state index is -0.582. The number of aromatic hydroxyl groups is 1. The summed E-state index contributed by atoms with van der Waals surface area (Å²) in [5, 5.41) is 22.0. The number of benzene rings is 2. The number of aliphatic hydroxyl groups is 1. The summed E-state index contributed by atoms with van der Waals surface area (Å²) in [5.41, 5.74) is -0.895. The van der Waals surface area contributed by atoms with Crippen molar-refractivity contribution in [1.82, 2.24) is 20.2 Å². The molecule has 0 atom stereocenters. The molecule has 1 amide bonds. The maximum atomic E-state index is 12.7. The van der Waals surface area contributed by atoms with Crippen molar-refractivity contribution in [2.24, 2.45) is 0 Å². The van der Waals surface area contributed by atoms with E-state index in [1.807, 2.05) is 13.8 Å². The monoisotopic (exact) mass is 398 g/mol. The van der Waals surface area contributed by atoms with E-state index in [0.717, 1.165) is 19.2 Å². The Hall–Kier alpha value is -3.46. The second kappa shape index (κ2) is 8.27. The smallest absolute Gasteiger partial charge is 0.253 e. The van der Waals surface area contributed by atoms with Crippen molar-refractivity contribution in [2.45, 2.75) is 13.8 Å². The van der Waals surface area contributed by atoms with Crippen LogP contribution < -0.4 is 21.4 Å². The molecule has 0 aliphatic heterocycles. The van der Waals surface area contributed by atoms with E-state index in [4.69, 9.17) is 0 Å². The Morgan fingerprint density at radius 2 is 1.90 bits per heavy atom. The molecule has 9 heteroatoms. The molecule has 0 bridgehead atoms. The maximum absolute atomic E-state index is 12.7. The number of nitrogens with zero attached hydrogens (tertiary/aromatic N) is 2. The molecule has 0 saturated heterocycles. The first-order valence-electron chi connectivity index (χ1n) is 9.28. The van der Waals surface area contributed by atoms with Crippen LogP contribution in [0.2, 0.25) is 0 Å². The van der Waals surface area contributed by atoms with Crippen LogP contribution in [0.1, 0.15) is 24.2 Å². The van der Waals surface area contributed by atoms with Gasteiger partial charge in [0.15, 0.2) is 0 Å². The average Bonchev–Trinajstić information content (AvgIpc) is 2.71. The molecule has 1 aromatic heterocycles. The molecule has 0 aliphatic carbocycles. The summed E-state index contributed by atoms with van der Waals surface area (Å²) >= 11 is 0. The fourth-order valence-electron chi connectivity index (χ4n) is 3.21. The van der Waals surface area contributed by atoms with Gasteiger partial charge in [0.05, 0.1) is 22.6 Å². The van der Waals surface area contributed by atoms with Crippen LogP contribution in [0.3, 0.4) is 0 Å². The van der Waals surface area contributed by atoms with E-state index >= 15 is 0 Å². The maximum Gasteiger partial charge on any atom is 0.253 e. The number of likely N-dealkylation sites (N-methyl/N-ethyl adjacent to an activating group) is 1. The van der Waals surface area contributed by atoms with Gasteiger partial charge in [-0.15, -0.1) is 0 Å². The molecule has 0 fully saturated rings. The van der Waals surface area contributed by atoms with E-state index in [1.165, 1.54) is 12.1 Å². The molecule has 3 rings (SSSR count). The molecular formula is C20H22N4O5. The zero-order valence-electron chi connectivity index (χ0n) is 16.2. The van der Waals surface area contributed by atoms with E-state index in [0.29, 0.717) is 19.4 Å². The van der Waals surface area contributed by atoms with E-state index in [-0.39, 0.29) is 32.8 Å². The molecule has 4 N–H and O–H groups in total. The lowest BCUT2D eigenvalue weighted by atomic mass is 10.1. The Morgan fingerprint density at radius 1 is 1.17 bits per heavy atom. The second-order valence-electron chi connectivity index (χ2n) is 6.51. The van der Waals surface area contributed by atoms with Crippen molar-refractivity contribution in [3.63, 3.8) is 0 Å². The van der Waals surface area contributed by atoms with Gasteiger partial charge in [0, 0.05) is 19.2 Å². The van der Waals surface area contributed by atoms with Gasteiger partial charge < -0.3 is 25.4 Å². The van der Waals surface area contributed by atoms with Gasteiger partial charge >= 0.3 is 0 Å². The SMILES string of the molecule is CCN(CC)CCNC(=O)c1ccc(=O)c2nc3c(=CO)c(O)cc(=O)c3[nH]c12. The van der Waals surface area contributed by atoms with Gasteiger partial charge in [0.25, 0.3) is 5.91 Å². The first-order valence-corrected chi connectivity index (χ1v) is 9.28. The third-order valence-corrected chi connectivity index (χ3v) is 4.88. The van der Waals surface area contributed by atoms with E-state index in [9.17, 15) is 24.6 Å². The molecule has 0 spiro atoms. The van der Waals surface area contributed by atoms with Crippen molar-refractivity contribution in [1.29, 1.82) is 0 Å². The summed E-state index contributed by atoms with van der Waals surface area (Å²) in [7, 11) is 0. The Kier molecular flexibility index (Phi) is 5.79. The summed E-state index contributed by atoms with van der Waals surface area (Å²) < 4.78 is 0. The number of aromatic amines is 1. The number of carbonyl (C=O) groups excluding carboxylic acids is 1. The number of aliphatic hydroxyl groups excluding tert-OH is 1. The van der Waals surface area contributed by atoms with Crippen LogP contribution in [0.25, 0.3) is 28.3 Å². The molecule has 29 heavy (non-hydrogen) atoms. The van der Waals surface area contributed by atoms with E-state index in [1.54, 1.807) is 0 Å². The fraction of sp³-hybridized carbons (Fsp3) is 0.300. The van der Waals surface area contributed by atoms with Crippen LogP contribution in [-0.4, -0.2) is 57.2 Å². The lowest BCUT2D eigenvalue weighted by Gasteiger charge is -2.18. The van der Waals surface area contributed by atoms with Gasteiger partial charge in [-0.05, 0) is 25.2 Å². The standard InChI is InChI=1S/C20H22N4O5/c1-3-24(4-2)8-7-21-20(29)11-5-6-13(26)18-16(11)22-19-15(28)9-14(27)12(10-25)17(19)23-18/h5-6,9-10,22,25,27H,3-4,7-8H2,1-2H3,(H,21,29). The quantitative estimate of drug-likeness (QED) is 0.436. The Balaban J connectivity index is 2.12. The lowest BCUT2D eigenvalue weighted by molar-refractivity contribution is 0.0950. The number of phenols is 1. The summed E-state index contributed by atoms with van der Waals surface area (Å²) in [6.45, 7) is 6.91. The van der Waals surface area contributed by atoms with Crippen molar-refractivity contribution < 1.29 is 15.0 Å². The highest BCUT2D eigenvalue weighted by Crippen LogP contribution is 2.15. The van der Waals surface area contributed by atoms with Gasteiger partial charge in [-0.2, -0.15) is 0 Å². The number of aromatic nitrogens is 2. The number of hydrogen-bond acceptors (Lipinski definition) is 7. The predicted molar refractivity (Wildman–Crippen MR) is 110 cm³/mol. The van der Waals surface area contributed by atoms with Crippen LogP contribution >= 0.6 is 0 Å². The van der Waals surface area contributed by atoms with Gasteiger partial charge in [-0.1, -0.05) is 13.8 Å². The molecule has 2 aromatic carbocycles.